The van der Waals surface area contributed by atoms with E-state index in [2.05, 4.69) is 10.0 Å². The number of benzene rings is 1. The molecule has 21 heavy (non-hydrogen) atoms. The lowest BCUT2D eigenvalue weighted by molar-refractivity contribution is -0.114. The van der Waals surface area contributed by atoms with Crippen molar-refractivity contribution in [2.75, 3.05) is 38.8 Å². The molecule has 0 aliphatic heterocycles. The molecule has 0 radical (unpaired) electrons. The Morgan fingerprint density at radius 3 is 2.52 bits per heavy atom. The number of thioether (sulfide) groups is 1. The highest BCUT2D eigenvalue weighted by Gasteiger charge is 2.16. The number of amides is 1. The minimum Gasteiger partial charge on any atom is -0.325 e. The summed E-state index contributed by atoms with van der Waals surface area (Å²) in [5.74, 6) is -0.236. The zero-order chi connectivity index (χ0) is 16.0. The molecule has 1 rings (SSSR count). The van der Waals surface area contributed by atoms with Crippen LogP contribution in [0, 0.1) is 0 Å². The van der Waals surface area contributed by atoms with Crippen LogP contribution in [0.5, 0.6) is 0 Å². The second kappa shape index (κ2) is 7.79. The van der Waals surface area contributed by atoms with E-state index in [1.807, 2.05) is 25.3 Å². The van der Waals surface area contributed by atoms with Gasteiger partial charge in [0.25, 0.3) is 0 Å². The number of sulfonamides is 1. The number of anilines is 1. The highest BCUT2D eigenvalue weighted by molar-refractivity contribution is 7.98. The van der Waals surface area contributed by atoms with E-state index >= 15 is 0 Å². The minimum atomic E-state index is -3.58. The molecule has 1 amide bonds. The summed E-state index contributed by atoms with van der Waals surface area (Å²) in [6.07, 6.45) is 1.87. The number of nitrogens with zero attached hydrogens (tertiary/aromatic N) is 1. The molecule has 2 N–H and O–H groups in total. The third-order valence-corrected chi connectivity index (χ3v) is 4.90. The Hall–Kier alpha value is -1.09. The van der Waals surface area contributed by atoms with Gasteiger partial charge in [0.2, 0.25) is 15.9 Å². The first-order chi connectivity index (χ1) is 9.76. The van der Waals surface area contributed by atoms with Crippen LogP contribution in [-0.2, 0) is 14.8 Å². The number of carbonyl (C=O) groups is 1. The van der Waals surface area contributed by atoms with Crippen LogP contribution in [0.25, 0.3) is 0 Å². The van der Waals surface area contributed by atoms with Crippen LogP contribution in [0.2, 0.25) is 0 Å². The highest BCUT2D eigenvalue weighted by atomic mass is 32.2. The lowest BCUT2D eigenvalue weighted by Gasteiger charge is -2.13. The molecule has 0 aliphatic carbocycles. The smallest absolute Gasteiger partial charge is 0.240 e. The van der Waals surface area contributed by atoms with Crippen molar-refractivity contribution in [1.29, 1.82) is 0 Å². The van der Waals surface area contributed by atoms with Crippen LogP contribution in [-0.4, -0.2) is 52.7 Å². The van der Waals surface area contributed by atoms with Crippen molar-refractivity contribution in [1.82, 2.24) is 9.62 Å². The van der Waals surface area contributed by atoms with Crippen LogP contribution < -0.4 is 10.0 Å². The van der Waals surface area contributed by atoms with Gasteiger partial charge in [0.05, 0.1) is 10.6 Å². The molecule has 1 aromatic carbocycles. The number of carbonyl (C=O) groups excluding carboxylic acids is 1. The van der Waals surface area contributed by atoms with Gasteiger partial charge in [-0.3, -0.25) is 4.79 Å². The van der Waals surface area contributed by atoms with E-state index < -0.39 is 10.0 Å². The van der Waals surface area contributed by atoms with Crippen molar-refractivity contribution < 1.29 is 13.2 Å². The van der Waals surface area contributed by atoms with Crippen LogP contribution in [0.3, 0.4) is 0 Å². The van der Waals surface area contributed by atoms with Crippen molar-refractivity contribution in [2.24, 2.45) is 0 Å². The number of hydrogen-bond donors (Lipinski definition) is 2. The van der Waals surface area contributed by atoms with Crippen molar-refractivity contribution in [3.63, 3.8) is 0 Å². The van der Waals surface area contributed by atoms with E-state index in [4.69, 9.17) is 0 Å². The largest absolute Gasteiger partial charge is 0.325 e. The van der Waals surface area contributed by atoms with E-state index in [1.165, 1.54) is 30.8 Å². The normalized spacial score (nSPS) is 11.7. The molecule has 0 aromatic heterocycles. The Bertz CT molecular complexity index is 601. The predicted octanol–water partition coefficient (Wildman–Crippen LogP) is 1.21. The molecule has 0 bridgehead atoms. The fourth-order valence-electron chi connectivity index (χ4n) is 1.63. The topological polar surface area (TPSA) is 78.5 Å². The summed E-state index contributed by atoms with van der Waals surface area (Å²) < 4.78 is 26.9. The van der Waals surface area contributed by atoms with E-state index in [0.717, 1.165) is 4.90 Å². The van der Waals surface area contributed by atoms with Gasteiger partial charge in [0.15, 0.2) is 0 Å². The van der Waals surface area contributed by atoms with Crippen LogP contribution in [0.4, 0.5) is 5.69 Å². The summed E-state index contributed by atoms with van der Waals surface area (Å²) in [6, 6.07) is 4.71. The van der Waals surface area contributed by atoms with Crippen LogP contribution in [0.15, 0.2) is 28.0 Å². The molecule has 118 valence electrons. The van der Waals surface area contributed by atoms with Gasteiger partial charge in [-0.15, -0.1) is 11.8 Å². The molecule has 6 nitrogen and oxygen atoms in total. The van der Waals surface area contributed by atoms with Crippen molar-refractivity contribution >= 4 is 33.4 Å². The second-order valence-electron chi connectivity index (χ2n) is 4.74. The molecule has 0 unspecified atom stereocenters. The molecule has 0 heterocycles. The van der Waals surface area contributed by atoms with Gasteiger partial charge in [0, 0.05) is 24.9 Å². The van der Waals surface area contributed by atoms with Crippen molar-refractivity contribution in [3.8, 4) is 0 Å². The van der Waals surface area contributed by atoms with Crippen molar-refractivity contribution in [2.45, 2.75) is 16.7 Å². The predicted molar refractivity (Wildman–Crippen MR) is 86.3 cm³/mol. The number of rotatable bonds is 7. The fourth-order valence-corrected chi connectivity index (χ4v) is 3.21. The van der Waals surface area contributed by atoms with Crippen LogP contribution in [0.1, 0.15) is 6.92 Å². The first-order valence-electron chi connectivity index (χ1n) is 6.36. The third kappa shape index (κ3) is 5.66. The van der Waals surface area contributed by atoms with Gasteiger partial charge >= 0.3 is 0 Å². The minimum absolute atomic E-state index is 0.141. The van der Waals surface area contributed by atoms with Gasteiger partial charge in [0.1, 0.15) is 0 Å². The van der Waals surface area contributed by atoms with Crippen molar-refractivity contribution in [3.05, 3.63) is 18.2 Å². The number of nitrogens with one attached hydrogen (secondary N) is 2. The molecule has 0 atom stereocenters. The average molecular weight is 331 g/mol. The quantitative estimate of drug-likeness (QED) is 0.734. The second-order valence-corrected chi connectivity index (χ2v) is 7.36. The Kier molecular flexibility index (Phi) is 6.66. The number of hydrogen-bond acceptors (Lipinski definition) is 5. The first-order valence-corrected chi connectivity index (χ1v) is 9.07. The zero-order valence-electron chi connectivity index (χ0n) is 12.6. The summed E-state index contributed by atoms with van der Waals surface area (Å²) in [5.41, 5.74) is 0.505. The van der Waals surface area contributed by atoms with Gasteiger partial charge in [-0.2, -0.15) is 0 Å². The molecule has 0 saturated carbocycles. The molecule has 0 saturated heterocycles. The fraction of sp³-hybridized carbons (Fsp3) is 0.462. The summed E-state index contributed by atoms with van der Waals surface area (Å²) >= 11 is 1.44. The lowest BCUT2D eigenvalue weighted by Crippen LogP contribution is -2.31. The average Bonchev–Trinajstić information content (AvgIpc) is 2.37. The maximum Gasteiger partial charge on any atom is 0.240 e. The molecule has 8 heteroatoms. The molecular formula is C13H21N3O3S2. The van der Waals surface area contributed by atoms with E-state index in [-0.39, 0.29) is 10.8 Å². The third-order valence-electron chi connectivity index (χ3n) is 2.64. The molecule has 0 spiro atoms. The molecular weight excluding hydrogens is 310 g/mol. The maximum atomic E-state index is 12.2. The van der Waals surface area contributed by atoms with E-state index in [1.54, 1.807) is 6.07 Å². The summed E-state index contributed by atoms with van der Waals surface area (Å²) in [5, 5.41) is 2.65. The molecule has 0 aliphatic rings. The van der Waals surface area contributed by atoms with Gasteiger partial charge in [-0.1, -0.05) is 0 Å². The van der Waals surface area contributed by atoms with Gasteiger partial charge < -0.3 is 10.2 Å². The highest BCUT2D eigenvalue weighted by Crippen LogP contribution is 2.28. The molecule has 1 aromatic rings. The Labute approximate surface area is 130 Å². The zero-order valence-corrected chi connectivity index (χ0v) is 14.3. The van der Waals surface area contributed by atoms with E-state index in [0.29, 0.717) is 18.8 Å². The Balaban J connectivity index is 2.98. The maximum absolute atomic E-state index is 12.2. The first kappa shape index (κ1) is 18.0. The summed E-state index contributed by atoms with van der Waals surface area (Å²) in [7, 11) is 0.167. The SMILES string of the molecule is CSc1ccc(S(=O)(=O)NCCN(C)C)cc1NC(C)=O. The van der Waals surface area contributed by atoms with E-state index in [9.17, 15) is 13.2 Å². The molecule has 0 fully saturated rings. The van der Waals surface area contributed by atoms with Gasteiger partial charge in [-0.05, 0) is 38.6 Å². The van der Waals surface area contributed by atoms with Gasteiger partial charge in [-0.25, -0.2) is 13.1 Å². The monoisotopic (exact) mass is 331 g/mol. The standard InChI is InChI=1S/C13H21N3O3S2/c1-10(17)15-12-9-11(5-6-13(12)20-4)21(18,19)14-7-8-16(2)3/h5-6,9,14H,7-8H2,1-4H3,(H,15,17). The number of likely N-dealkylation sites (N-methyl/N-ethyl adjacent to an activating group) is 1. The lowest BCUT2D eigenvalue weighted by atomic mass is 10.3. The Morgan fingerprint density at radius 1 is 1.33 bits per heavy atom. The Morgan fingerprint density at radius 2 is 2.00 bits per heavy atom. The summed E-state index contributed by atoms with van der Waals surface area (Å²) in [6.45, 7) is 2.33. The van der Waals surface area contributed by atoms with Crippen LogP contribution >= 0.6 is 11.8 Å². The summed E-state index contributed by atoms with van der Waals surface area (Å²) in [4.78, 5) is 14.0.